The number of phenols is 1. The van der Waals surface area contributed by atoms with Crippen LogP contribution in [0.5, 0.6) is 5.75 Å². The quantitative estimate of drug-likeness (QED) is 0.907. The minimum Gasteiger partial charge on any atom is -0.508 e. The molecular weight excluding hydrogens is 278 g/mol. The summed E-state index contributed by atoms with van der Waals surface area (Å²) in [5.74, 6) is -1.15. The molecule has 2 aromatic carbocycles. The number of likely N-dealkylation sites (N-methyl/N-ethyl adjacent to an activating group) is 1. The van der Waals surface area contributed by atoms with Crippen molar-refractivity contribution in [3.63, 3.8) is 0 Å². The van der Waals surface area contributed by atoms with E-state index in [0.717, 1.165) is 5.69 Å². The van der Waals surface area contributed by atoms with Crippen LogP contribution in [-0.4, -0.2) is 23.2 Å². The molecule has 0 fully saturated rings. The molecule has 20 heavy (non-hydrogen) atoms. The van der Waals surface area contributed by atoms with Gasteiger partial charge in [0.05, 0.1) is 0 Å². The van der Waals surface area contributed by atoms with E-state index in [1.54, 1.807) is 24.1 Å². The summed E-state index contributed by atoms with van der Waals surface area (Å²) in [6.07, 6.45) is 0. The van der Waals surface area contributed by atoms with Crippen molar-refractivity contribution in [3.05, 3.63) is 59.1 Å². The average molecular weight is 292 g/mol. The van der Waals surface area contributed by atoms with Crippen LogP contribution < -0.4 is 4.90 Å². The van der Waals surface area contributed by atoms with Gasteiger partial charge in [-0.15, -0.1) is 0 Å². The van der Waals surface area contributed by atoms with E-state index < -0.39 is 12.0 Å². The highest BCUT2D eigenvalue weighted by Gasteiger charge is 2.27. The summed E-state index contributed by atoms with van der Waals surface area (Å²) in [5, 5.41) is 19.8. The largest absolute Gasteiger partial charge is 0.508 e. The first-order valence-electron chi connectivity index (χ1n) is 6.00. The molecule has 5 heteroatoms. The van der Waals surface area contributed by atoms with Crippen LogP contribution >= 0.6 is 11.6 Å². The van der Waals surface area contributed by atoms with Crippen LogP contribution in [0.4, 0.5) is 5.69 Å². The summed E-state index contributed by atoms with van der Waals surface area (Å²) in [6, 6.07) is 12.5. The molecule has 0 aliphatic rings. The first-order chi connectivity index (χ1) is 9.50. The molecule has 0 aliphatic heterocycles. The van der Waals surface area contributed by atoms with Crippen LogP contribution in [0.2, 0.25) is 5.02 Å². The number of halogens is 1. The van der Waals surface area contributed by atoms with Crippen molar-refractivity contribution in [2.75, 3.05) is 11.9 Å². The van der Waals surface area contributed by atoms with E-state index in [4.69, 9.17) is 11.6 Å². The molecule has 2 N–H and O–H groups in total. The van der Waals surface area contributed by atoms with Crippen molar-refractivity contribution >= 4 is 23.3 Å². The van der Waals surface area contributed by atoms with Gasteiger partial charge in [0.15, 0.2) is 6.04 Å². The number of benzene rings is 2. The standard InChI is InChI=1S/C15H14ClNO3/c1-17(11-5-3-2-4-6-11)14(15(19)20)12-9-10(16)7-8-13(12)18/h2-9,14,18H,1H3,(H,19,20). The predicted octanol–water partition coefficient (Wildman–Crippen LogP) is 3.31. The Bertz CT molecular complexity index is 616. The Morgan fingerprint density at radius 2 is 1.85 bits per heavy atom. The summed E-state index contributed by atoms with van der Waals surface area (Å²) >= 11 is 5.89. The lowest BCUT2D eigenvalue weighted by atomic mass is 10.0. The lowest BCUT2D eigenvalue weighted by Crippen LogP contribution is -2.30. The van der Waals surface area contributed by atoms with Crippen LogP contribution in [0.25, 0.3) is 0 Å². The van der Waals surface area contributed by atoms with Gasteiger partial charge in [-0.1, -0.05) is 29.8 Å². The van der Waals surface area contributed by atoms with Crippen LogP contribution in [0.3, 0.4) is 0 Å². The van der Waals surface area contributed by atoms with Gasteiger partial charge in [0, 0.05) is 23.3 Å². The van der Waals surface area contributed by atoms with Gasteiger partial charge in [-0.3, -0.25) is 0 Å². The monoisotopic (exact) mass is 291 g/mol. The van der Waals surface area contributed by atoms with Gasteiger partial charge in [0.2, 0.25) is 0 Å². The number of aromatic hydroxyl groups is 1. The molecule has 2 rings (SSSR count). The molecule has 0 aliphatic carbocycles. The second-order valence-corrected chi connectivity index (χ2v) is 4.83. The third-order valence-corrected chi connectivity index (χ3v) is 3.30. The van der Waals surface area contributed by atoms with Gasteiger partial charge in [-0.2, -0.15) is 0 Å². The van der Waals surface area contributed by atoms with Crippen LogP contribution in [0, 0.1) is 0 Å². The summed E-state index contributed by atoms with van der Waals surface area (Å²) < 4.78 is 0. The van der Waals surface area contributed by atoms with Gasteiger partial charge >= 0.3 is 5.97 Å². The second-order valence-electron chi connectivity index (χ2n) is 4.39. The van der Waals surface area contributed by atoms with Crippen molar-refractivity contribution in [1.29, 1.82) is 0 Å². The van der Waals surface area contributed by atoms with E-state index in [1.807, 2.05) is 18.2 Å². The molecule has 1 atom stereocenters. The number of carboxylic acids is 1. The molecule has 0 bridgehead atoms. The van der Waals surface area contributed by atoms with Crippen molar-refractivity contribution in [3.8, 4) is 5.75 Å². The molecule has 0 amide bonds. The highest BCUT2D eigenvalue weighted by atomic mass is 35.5. The highest BCUT2D eigenvalue weighted by molar-refractivity contribution is 6.30. The van der Waals surface area contributed by atoms with Gasteiger partial charge in [0.25, 0.3) is 0 Å². The van der Waals surface area contributed by atoms with Gasteiger partial charge in [-0.25, -0.2) is 4.79 Å². The zero-order valence-electron chi connectivity index (χ0n) is 10.8. The summed E-state index contributed by atoms with van der Waals surface area (Å²) in [6.45, 7) is 0. The Hall–Kier alpha value is -2.20. The molecular formula is C15H14ClNO3. The maximum atomic E-state index is 11.6. The Morgan fingerprint density at radius 1 is 1.20 bits per heavy atom. The number of anilines is 1. The van der Waals surface area contributed by atoms with Crippen LogP contribution in [-0.2, 0) is 4.79 Å². The molecule has 0 radical (unpaired) electrons. The zero-order chi connectivity index (χ0) is 14.7. The number of hydrogen-bond acceptors (Lipinski definition) is 3. The highest BCUT2D eigenvalue weighted by Crippen LogP contribution is 2.33. The van der Waals surface area contributed by atoms with Gasteiger partial charge in [-0.05, 0) is 30.3 Å². The van der Waals surface area contributed by atoms with Crippen molar-refractivity contribution < 1.29 is 15.0 Å². The molecule has 104 valence electrons. The lowest BCUT2D eigenvalue weighted by Gasteiger charge is -2.27. The Kier molecular flexibility index (Phi) is 4.15. The molecule has 0 saturated heterocycles. The number of rotatable bonds is 4. The van der Waals surface area contributed by atoms with Gasteiger partial charge < -0.3 is 15.1 Å². The second kappa shape index (κ2) is 5.84. The molecule has 0 heterocycles. The fraction of sp³-hybridized carbons (Fsp3) is 0.133. The van der Waals surface area contributed by atoms with E-state index in [0.29, 0.717) is 5.02 Å². The van der Waals surface area contributed by atoms with E-state index in [-0.39, 0.29) is 11.3 Å². The maximum absolute atomic E-state index is 11.6. The molecule has 0 aromatic heterocycles. The van der Waals surface area contributed by atoms with Gasteiger partial charge in [0.1, 0.15) is 5.75 Å². The summed E-state index contributed by atoms with van der Waals surface area (Å²) in [4.78, 5) is 13.2. The molecule has 2 aromatic rings. The van der Waals surface area contributed by atoms with E-state index in [1.165, 1.54) is 18.2 Å². The minimum absolute atomic E-state index is 0.0930. The normalized spacial score (nSPS) is 11.9. The first kappa shape index (κ1) is 14.2. The van der Waals surface area contributed by atoms with E-state index in [9.17, 15) is 15.0 Å². The number of aliphatic carboxylic acids is 1. The van der Waals surface area contributed by atoms with Crippen molar-refractivity contribution in [2.24, 2.45) is 0 Å². The number of carboxylic acid groups (broad SMARTS) is 1. The molecule has 4 nitrogen and oxygen atoms in total. The number of hydrogen-bond donors (Lipinski definition) is 2. The van der Waals surface area contributed by atoms with E-state index >= 15 is 0 Å². The Labute approximate surface area is 121 Å². The zero-order valence-corrected chi connectivity index (χ0v) is 11.6. The average Bonchev–Trinajstić information content (AvgIpc) is 2.43. The fourth-order valence-electron chi connectivity index (χ4n) is 2.06. The number of phenolic OH excluding ortho intramolecular Hbond substituents is 1. The lowest BCUT2D eigenvalue weighted by molar-refractivity contribution is -0.138. The third-order valence-electron chi connectivity index (χ3n) is 3.07. The summed E-state index contributed by atoms with van der Waals surface area (Å²) in [7, 11) is 1.66. The number of carbonyl (C=O) groups is 1. The van der Waals surface area contributed by atoms with Crippen LogP contribution in [0.15, 0.2) is 48.5 Å². The topological polar surface area (TPSA) is 60.8 Å². The van der Waals surface area contributed by atoms with Crippen molar-refractivity contribution in [1.82, 2.24) is 0 Å². The summed E-state index contributed by atoms with van der Waals surface area (Å²) in [5.41, 5.74) is 0.996. The SMILES string of the molecule is CN(c1ccccc1)C(C(=O)O)c1cc(Cl)ccc1O. The maximum Gasteiger partial charge on any atom is 0.331 e. The van der Waals surface area contributed by atoms with Crippen molar-refractivity contribution in [2.45, 2.75) is 6.04 Å². The molecule has 1 unspecified atom stereocenters. The minimum atomic E-state index is -1.06. The molecule has 0 spiro atoms. The predicted molar refractivity (Wildman–Crippen MR) is 78.3 cm³/mol. The van der Waals surface area contributed by atoms with Crippen LogP contribution in [0.1, 0.15) is 11.6 Å². The number of nitrogens with zero attached hydrogens (tertiary/aromatic N) is 1. The Morgan fingerprint density at radius 3 is 2.45 bits per heavy atom. The van der Waals surface area contributed by atoms with E-state index in [2.05, 4.69) is 0 Å². The first-order valence-corrected chi connectivity index (χ1v) is 6.37. The fourth-order valence-corrected chi connectivity index (χ4v) is 2.24. The molecule has 0 saturated carbocycles. The Balaban J connectivity index is 2.47. The smallest absolute Gasteiger partial charge is 0.331 e. The number of para-hydroxylation sites is 1. The third kappa shape index (κ3) is 2.86.